The normalized spacial score (nSPS) is 10.1. The Labute approximate surface area is 98.9 Å². The highest BCUT2D eigenvalue weighted by Gasteiger charge is 2.04. The van der Waals surface area contributed by atoms with Crippen LogP contribution < -0.4 is 0 Å². The van der Waals surface area contributed by atoms with Gasteiger partial charge in [-0.15, -0.1) is 0 Å². The number of aldehydes is 1. The van der Waals surface area contributed by atoms with Crippen LogP contribution in [0.3, 0.4) is 0 Å². The molecule has 0 aliphatic rings. The first-order valence-corrected chi connectivity index (χ1v) is 5.25. The van der Waals surface area contributed by atoms with Crippen molar-refractivity contribution < 1.29 is 4.79 Å². The molecule has 0 bridgehead atoms. The third kappa shape index (κ3) is 2.12. The number of pyridine rings is 1. The summed E-state index contributed by atoms with van der Waals surface area (Å²) in [7, 11) is 0. The topological polar surface area (TPSA) is 30.0 Å². The van der Waals surface area contributed by atoms with Crippen LogP contribution in [-0.4, -0.2) is 11.3 Å². The van der Waals surface area contributed by atoms with Crippen LogP contribution in [0.25, 0.3) is 11.1 Å². The average molecular weight is 232 g/mol. The van der Waals surface area contributed by atoms with Gasteiger partial charge in [-0.2, -0.15) is 0 Å². The van der Waals surface area contributed by atoms with Gasteiger partial charge in [0, 0.05) is 28.5 Å². The summed E-state index contributed by atoms with van der Waals surface area (Å²) in [5.74, 6) is 0. The van der Waals surface area contributed by atoms with Crippen molar-refractivity contribution in [3.63, 3.8) is 0 Å². The Bertz CT molecular complexity index is 537. The minimum Gasteiger partial charge on any atom is -0.298 e. The van der Waals surface area contributed by atoms with Gasteiger partial charge in [0.05, 0.1) is 0 Å². The Morgan fingerprint density at radius 3 is 2.81 bits per heavy atom. The molecule has 1 aromatic heterocycles. The molecule has 0 spiro atoms. The van der Waals surface area contributed by atoms with E-state index in [0.717, 1.165) is 23.0 Å². The maximum absolute atomic E-state index is 10.7. The summed E-state index contributed by atoms with van der Waals surface area (Å²) >= 11 is 5.95. The Morgan fingerprint density at radius 1 is 1.25 bits per heavy atom. The highest BCUT2D eigenvalue weighted by atomic mass is 35.5. The van der Waals surface area contributed by atoms with Crippen molar-refractivity contribution in [2.75, 3.05) is 0 Å². The molecule has 2 rings (SSSR count). The molecule has 3 heteroatoms. The second-order valence-corrected chi connectivity index (χ2v) is 4.02. The summed E-state index contributed by atoms with van der Waals surface area (Å²) in [5.41, 5.74) is 3.58. The number of halogens is 1. The zero-order valence-corrected chi connectivity index (χ0v) is 9.53. The largest absolute Gasteiger partial charge is 0.298 e. The van der Waals surface area contributed by atoms with Crippen LogP contribution in [0, 0.1) is 6.92 Å². The quantitative estimate of drug-likeness (QED) is 0.741. The standard InChI is InChI=1S/C13H10ClNO/c1-9-2-3-12(14)5-13(9)11-4-10(8-16)6-15-7-11/h2-8H,1H3. The van der Waals surface area contributed by atoms with Crippen LogP contribution in [0.5, 0.6) is 0 Å². The lowest BCUT2D eigenvalue weighted by Gasteiger charge is -2.06. The second kappa shape index (κ2) is 4.45. The van der Waals surface area contributed by atoms with Crippen molar-refractivity contribution in [1.29, 1.82) is 0 Å². The van der Waals surface area contributed by atoms with Gasteiger partial charge in [-0.05, 0) is 36.2 Å². The minimum atomic E-state index is 0.567. The van der Waals surface area contributed by atoms with E-state index >= 15 is 0 Å². The highest BCUT2D eigenvalue weighted by molar-refractivity contribution is 6.30. The van der Waals surface area contributed by atoms with Crippen LogP contribution in [0.4, 0.5) is 0 Å². The van der Waals surface area contributed by atoms with E-state index < -0.39 is 0 Å². The fourth-order valence-corrected chi connectivity index (χ4v) is 1.75. The summed E-state index contributed by atoms with van der Waals surface area (Å²) in [5, 5.41) is 0.678. The maximum atomic E-state index is 10.7. The number of carbonyl (C=O) groups excluding carboxylic acids is 1. The van der Waals surface area contributed by atoms with Crippen molar-refractivity contribution in [2.24, 2.45) is 0 Å². The third-order valence-electron chi connectivity index (χ3n) is 2.41. The number of hydrogen-bond donors (Lipinski definition) is 0. The zero-order chi connectivity index (χ0) is 11.5. The van der Waals surface area contributed by atoms with Crippen molar-refractivity contribution in [2.45, 2.75) is 6.92 Å². The molecule has 0 aliphatic carbocycles. The van der Waals surface area contributed by atoms with E-state index in [1.165, 1.54) is 6.20 Å². The molecule has 80 valence electrons. The summed E-state index contributed by atoms with van der Waals surface area (Å²) in [6.07, 6.45) is 4.05. The van der Waals surface area contributed by atoms with Gasteiger partial charge >= 0.3 is 0 Å². The first-order valence-electron chi connectivity index (χ1n) is 4.87. The van der Waals surface area contributed by atoms with Gasteiger partial charge in [0.2, 0.25) is 0 Å². The van der Waals surface area contributed by atoms with E-state index in [-0.39, 0.29) is 0 Å². The number of nitrogens with zero attached hydrogens (tertiary/aromatic N) is 1. The van der Waals surface area contributed by atoms with Crippen molar-refractivity contribution >= 4 is 17.9 Å². The number of aryl methyl sites for hydroxylation is 1. The van der Waals surface area contributed by atoms with Crippen LogP contribution in [-0.2, 0) is 0 Å². The fourth-order valence-electron chi connectivity index (χ4n) is 1.57. The SMILES string of the molecule is Cc1ccc(Cl)cc1-c1cncc(C=O)c1. The molecular formula is C13H10ClNO. The van der Waals surface area contributed by atoms with E-state index in [1.54, 1.807) is 12.3 Å². The van der Waals surface area contributed by atoms with E-state index in [9.17, 15) is 4.79 Å². The van der Waals surface area contributed by atoms with Gasteiger partial charge in [-0.25, -0.2) is 0 Å². The summed E-state index contributed by atoms with van der Waals surface area (Å²) in [6.45, 7) is 2.00. The van der Waals surface area contributed by atoms with Gasteiger partial charge in [0.25, 0.3) is 0 Å². The van der Waals surface area contributed by atoms with Crippen molar-refractivity contribution in [3.05, 3.63) is 52.8 Å². The Hall–Kier alpha value is -1.67. The molecule has 0 fully saturated rings. The summed E-state index contributed by atoms with van der Waals surface area (Å²) in [4.78, 5) is 14.7. The van der Waals surface area contributed by atoms with Gasteiger partial charge < -0.3 is 0 Å². The van der Waals surface area contributed by atoms with E-state index in [1.807, 2.05) is 25.1 Å². The molecule has 16 heavy (non-hydrogen) atoms. The Kier molecular flexibility index (Phi) is 3.02. The average Bonchev–Trinajstić information content (AvgIpc) is 2.32. The van der Waals surface area contributed by atoms with E-state index in [2.05, 4.69) is 4.98 Å². The third-order valence-corrected chi connectivity index (χ3v) is 2.64. The van der Waals surface area contributed by atoms with Gasteiger partial charge in [0.1, 0.15) is 0 Å². The monoisotopic (exact) mass is 231 g/mol. The first kappa shape index (κ1) is 10.8. The van der Waals surface area contributed by atoms with E-state index in [0.29, 0.717) is 10.6 Å². The van der Waals surface area contributed by atoms with Crippen LogP contribution in [0.15, 0.2) is 36.7 Å². The summed E-state index contributed by atoms with van der Waals surface area (Å²) in [6, 6.07) is 7.48. The lowest BCUT2D eigenvalue weighted by atomic mass is 10.0. The molecule has 1 aromatic carbocycles. The van der Waals surface area contributed by atoms with Crippen molar-refractivity contribution in [1.82, 2.24) is 4.98 Å². The first-order chi connectivity index (χ1) is 7.70. The molecule has 1 heterocycles. The van der Waals surface area contributed by atoms with Gasteiger partial charge in [0.15, 0.2) is 6.29 Å². The fraction of sp³-hybridized carbons (Fsp3) is 0.0769. The molecule has 0 unspecified atom stereocenters. The number of hydrogen-bond acceptors (Lipinski definition) is 2. The molecule has 0 N–H and O–H groups in total. The minimum absolute atomic E-state index is 0.567. The van der Waals surface area contributed by atoms with Crippen LogP contribution in [0.1, 0.15) is 15.9 Å². The number of carbonyl (C=O) groups is 1. The molecular weight excluding hydrogens is 222 g/mol. The summed E-state index contributed by atoms with van der Waals surface area (Å²) < 4.78 is 0. The van der Waals surface area contributed by atoms with Crippen molar-refractivity contribution in [3.8, 4) is 11.1 Å². The smallest absolute Gasteiger partial charge is 0.151 e. The second-order valence-electron chi connectivity index (χ2n) is 3.58. The van der Waals surface area contributed by atoms with E-state index in [4.69, 9.17) is 11.6 Å². The molecule has 0 aliphatic heterocycles. The lowest BCUT2D eigenvalue weighted by molar-refractivity contribution is 0.112. The van der Waals surface area contributed by atoms with Crippen LogP contribution in [0.2, 0.25) is 5.02 Å². The molecule has 0 atom stereocenters. The predicted octanol–water partition coefficient (Wildman–Crippen LogP) is 3.52. The Balaban J connectivity index is 2.57. The molecule has 2 nitrogen and oxygen atoms in total. The Morgan fingerprint density at radius 2 is 2.06 bits per heavy atom. The maximum Gasteiger partial charge on any atom is 0.151 e. The number of rotatable bonds is 2. The molecule has 0 amide bonds. The molecule has 2 aromatic rings. The van der Waals surface area contributed by atoms with Crippen LogP contribution >= 0.6 is 11.6 Å². The molecule has 0 radical (unpaired) electrons. The van der Waals surface area contributed by atoms with Gasteiger partial charge in [-0.1, -0.05) is 17.7 Å². The molecule has 0 saturated heterocycles. The lowest BCUT2D eigenvalue weighted by Crippen LogP contribution is -1.88. The number of aromatic nitrogens is 1. The van der Waals surface area contributed by atoms with Gasteiger partial charge in [-0.3, -0.25) is 9.78 Å². The number of benzene rings is 1. The molecule has 0 saturated carbocycles. The highest BCUT2D eigenvalue weighted by Crippen LogP contribution is 2.26. The zero-order valence-electron chi connectivity index (χ0n) is 8.77. The predicted molar refractivity (Wildman–Crippen MR) is 64.8 cm³/mol.